The van der Waals surface area contributed by atoms with Crippen LogP contribution in [-0.2, 0) is 4.57 Å². The number of phosphoric ester groups is 1. The second kappa shape index (κ2) is 8.00. The van der Waals surface area contributed by atoms with E-state index in [-0.39, 0.29) is 23.7 Å². The van der Waals surface area contributed by atoms with Gasteiger partial charge in [-0.05, 0) is 92.4 Å². The van der Waals surface area contributed by atoms with Gasteiger partial charge in [-0.15, -0.1) is 0 Å². The highest BCUT2D eigenvalue weighted by atomic mass is 31.2. The van der Waals surface area contributed by atoms with Crippen LogP contribution in [-0.4, -0.2) is 14.9 Å². The second-order valence-corrected chi connectivity index (χ2v) is 16.9. The minimum atomic E-state index is -4.88. The highest BCUT2D eigenvalue weighted by Crippen LogP contribution is 2.72. The van der Waals surface area contributed by atoms with Crippen molar-refractivity contribution in [1.29, 1.82) is 0 Å². The minimum absolute atomic E-state index is 0.00468. The van der Waals surface area contributed by atoms with Crippen molar-refractivity contribution < 1.29 is 24.0 Å². The van der Waals surface area contributed by atoms with Gasteiger partial charge >= 0.3 is 7.82 Å². The van der Waals surface area contributed by atoms with Crippen molar-refractivity contribution in [2.75, 3.05) is 0 Å². The standard InChI is InChI=1S/C42H31O5P/c43-41-37-33-15-35(31-13-27-23-9-21(25(27)11-29(31)33)17-5-1-3-7-19(17)23)39(37)42(47-48(44,45)46)40-36-16-34(38(40)41)30-12-26-22-10-24(28(26)14-32(30)36)20-8-4-2-6-18(20)22/h1-8,11-14,21-24,33-36,43H,9-10,15-16H2,(H2,44,45,46)/t21-,22+,23+,24-,33-,34+,35+,36-. The largest absolute Gasteiger partial charge is 0.524 e. The summed E-state index contributed by atoms with van der Waals surface area (Å²) in [4.78, 5) is 20.7. The number of phenolic OH excluding ortho intramolecular Hbond substituents is 1. The van der Waals surface area contributed by atoms with E-state index in [0.29, 0.717) is 35.2 Å². The van der Waals surface area contributed by atoms with E-state index in [4.69, 9.17) is 4.52 Å². The number of fused-ring (bicyclic) bond motifs is 32. The lowest BCUT2D eigenvalue weighted by atomic mass is 9.74. The van der Waals surface area contributed by atoms with Crippen molar-refractivity contribution >= 4 is 7.82 Å². The molecule has 0 spiro atoms. The van der Waals surface area contributed by atoms with E-state index >= 15 is 0 Å². The summed E-state index contributed by atoms with van der Waals surface area (Å²) in [6, 6.07) is 27.4. The predicted octanol–water partition coefficient (Wildman–Crippen LogP) is 8.79. The maximum atomic E-state index is 12.7. The molecule has 0 radical (unpaired) electrons. The molecule has 0 saturated heterocycles. The van der Waals surface area contributed by atoms with E-state index in [1.165, 1.54) is 66.8 Å². The van der Waals surface area contributed by atoms with Crippen molar-refractivity contribution in [3.63, 3.8) is 0 Å². The van der Waals surface area contributed by atoms with E-state index < -0.39 is 7.82 Å². The highest BCUT2D eigenvalue weighted by molar-refractivity contribution is 7.46. The van der Waals surface area contributed by atoms with Gasteiger partial charge in [-0.1, -0.05) is 72.8 Å². The molecular formula is C42H31O5P. The Morgan fingerprint density at radius 1 is 0.458 bits per heavy atom. The fourth-order valence-electron chi connectivity index (χ4n) is 12.7. The smallest absolute Gasteiger partial charge is 0.507 e. The zero-order chi connectivity index (χ0) is 31.5. The van der Waals surface area contributed by atoms with Crippen LogP contribution in [0, 0.1) is 0 Å². The molecule has 8 aliphatic carbocycles. The van der Waals surface area contributed by atoms with Gasteiger partial charge in [-0.25, -0.2) is 4.57 Å². The Balaban J connectivity index is 0.995. The summed E-state index contributed by atoms with van der Waals surface area (Å²) >= 11 is 0. The third-order valence-electron chi connectivity index (χ3n) is 14.1. The first kappa shape index (κ1) is 25.8. The van der Waals surface area contributed by atoms with Crippen LogP contribution in [0.3, 0.4) is 0 Å². The minimum Gasteiger partial charge on any atom is -0.507 e. The fraction of sp³-hybridized carbons (Fsp3) is 0.286. The zero-order valence-corrected chi connectivity index (χ0v) is 26.9. The van der Waals surface area contributed by atoms with Gasteiger partial charge in [-0.3, -0.25) is 9.79 Å². The Kier molecular flexibility index (Phi) is 4.30. The van der Waals surface area contributed by atoms with Crippen molar-refractivity contribution in [3.8, 4) is 11.5 Å². The highest BCUT2D eigenvalue weighted by Gasteiger charge is 2.55. The third kappa shape index (κ3) is 2.77. The topological polar surface area (TPSA) is 87.0 Å². The third-order valence-corrected chi connectivity index (χ3v) is 14.6. The Hall–Kier alpha value is -4.15. The molecule has 0 heterocycles. The number of phenols is 1. The summed E-state index contributed by atoms with van der Waals surface area (Å²) in [7, 11) is -4.88. The molecule has 5 aromatic rings. The number of phosphoric acid groups is 1. The summed E-state index contributed by atoms with van der Waals surface area (Å²) in [5.74, 6) is 2.22. The molecule has 0 aromatic heterocycles. The number of rotatable bonds is 2. The molecule has 0 fully saturated rings. The Morgan fingerprint density at radius 3 is 1.08 bits per heavy atom. The van der Waals surface area contributed by atoms with E-state index in [1.54, 1.807) is 0 Å². The van der Waals surface area contributed by atoms with Crippen LogP contribution in [0.1, 0.15) is 162 Å². The lowest BCUT2D eigenvalue weighted by molar-refractivity contribution is 0.280. The van der Waals surface area contributed by atoms with E-state index in [0.717, 1.165) is 47.9 Å². The van der Waals surface area contributed by atoms with Crippen molar-refractivity contribution in [1.82, 2.24) is 0 Å². The molecule has 5 nitrogen and oxygen atoms in total. The van der Waals surface area contributed by atoms with Gasteiger partial charge in [0, 0.05) is 69.6 Å². The first-order chi connectivity index (χ1) is 23.3. The van der Waals surface area contributed by atoms with Crippen LogP contribution in [0.25, 0.3) is 0 Å². The summed E-state index contributed by atoms with van der Waals surface area (Å²) in [5.41, 5.74) is 19.9. The van der Waals surface area contributed by atoms with Crippen LogP contribution in [0.5, 0.6) is 11.5 Å². The number of hydrogen-bond acceptors (Lipinski definition) is 3. The SMILES string of the molecule is O=P(O)(O)Oc1c2c(c(O)c3c1[C@H]1C[C@@H]3c3cc4c(cc31)[C@H]1C[C@@H]4c3ccccc31)[C@H]1C[C@@H]2c2cc3c(cc21)[C@H]1C[C@@H]3c2ccccc21. The van der Waals surface area contributed by atoms with Crippen LogP contribution >= 0.6 is 7.82 Å². The first-order valence-corrected chi connectivity index (χ1v) is 19.1. The van der Waals surface area contributed by atoms with Gasteiger partial charge in [0.1, 0.15) is 11.5 Å². The molecule has 8 aliphatic rings. The maximum absolute atomic E-state index is 12.7. The molecule has 0 amide bonds. The lowest BCUT2D eigenvalue weighted by Gasteiger charge is -2.32. The summed E-state index contributed by atoms with van der Waals surface area (Å²) in [5, 5.41) is 12.4. The van der Waals surface area contributed by atoms with Crippen molar-refractivity contribution in [2.45, 2.75) is 73.0 Å². The van der Waals surface area contributed by atoms with Crippen LogP contribution < -0.4 is 4.52 Å². The molecule has 234 valence electrons. The molecule has 5 aromatic carbocycles. The lowest BCUT2D eigenvalue weighted by Crippen LogP contribution is -2.15. The monoisotopic (exact) mass is 646 g/mol. The molecule has 3 N–H and O–H groups in total. The second-order valence-electron chi connectivity index (χ2n) is 15.8. The van der Waals surface area contributed by atoms with Gasteiger partial charge in [0.05, 0.1) is 0 Å². The Morgan fingerprint density at radius 2 is 0.750 bits per heavy atom. The molecule has 8 bridgehead atoms. The van der Waals surface area contributed by atoms with Gasteiger partial charge < -0.3 is 9.63 Å². The predicted molar refractivity (Wildman–Crippen MR) is 180 cm³/mol. The molecular weight excluding hydrogens is 615 g/mol. The Labute approximate surface area is 277 Å². The maximum Gasteiger partial charge on any atom is 0.524 e. The number of benzene rings is 5. The van der Waals surface area contributed by atoms with Crippen LogP contribution in [0.2, 0.25) is 0 Å². The average Bonchev–Trinajstić information content (AvgIpc) is 3.95. The summed E-state index contributed by atoms with van der Waals surface area (Å²) < 4.78 is 18.5. The normalized spacial score (nSPS) is 30.1. The molecule has 13 rings (SSSR count). The van der Waals surface area contributed by atoms with E-state index in [9.17, 15) is 19.5 Å². The molecule has 0 aliphatic heterocycles. The molecule has 6 heteroatoms. The van der Waals surface area contributed by atoms with Gasteiger partial charge in [0.25, 0.3) is 0 Å². The molecule has 0 saturated carbocycles. The zero-order valence-electron chi connectivity index (χ0n) is 26.0. The first-order valence-electron chi connectivity index (χ1n) is 17.5. The molecule has 48 heavy (non-hydrogen) atoms. The van der Waals surface area contributed by atoms with E-state index in [2.05, 4.69) is 72.8 Å². The molecule has 0 unspecified atom stereocenters. The van der Waals surface area contributed by atoms with Gasteiger partial charge in [-0.2, -0.15) is 0 Å². The summed E-state index contributed by atoms with van der Waals surface area (Å²) in [6.07, 6.45) is 3.85. The number of aromatic hydroxyl groups is 1. The van der Waals surface area contributed by atoms with Crippen LogP contribution in [0.15, 0.2) is 72.8 Å². The summed E-state index contributed by atoms with van der Waals surface area (Å²) in [6.45, 7) is 0. The van der Waals surface area contributed by atoms with Gasteiger partial charge in [0.2, 0.25) is 0 Å². The van der Waals surface area contributed by atoms with Crippen molar-refractivity contribution in [3.05, 3.63) is 162 Å². The number of hydrogen-bond donors (Lipinski definition) is 3. The average molecular weight is 647 g/mol. The fourth-order valence-corrected chi connectivity index (χ4v) is 13.1. The van der Waals surface area contributed by atoms with Gasteiger partial charge in [0.15, 0.2) is 0 Å². The van der Waals surface area contributed by atoms with Crippen LogP contribution in [0.4, 0.5) is 0 Å². The van der Waals surface area contributed by atoms with Crippen molar-refractivity contribution in [2.24, 2.45) is 0 Å². The molecule has 8 atom stereocenters. The van der Waals surface area contributed by atoms with E-state index in [1.807, 2.05) is 0 Å². The Bertz CT molecular complexity index is 2320. The quantitative estimate of drug-likeness (QED) is 0.167.